The first kappa shape index (κ1) is 12.4. The van der Waals surface area contributed by atoms with Crippen molar-refractivity contribution in [2.24, 2.45) is 0 Å². The Labute approximate surface area is 105 Å². The van der Waals surface area contributed by atoms with E-state index in [-0.39, 0.29) is 0 Å². The maximum absolute atomic E-state index is 11.0. The number of carboxylic acids is 1. The molecule has 0 bridgehead atoms. The second-order valence-corrected chi connectivity index (χ2v) is 4.39. The van der Waals surface area contributed by atoms with Crippen LogP contribution in [-0.4, -0.2) is 23.7 Å². The van der Waals surface area contributed by atoms with Crippen molar-refractivity contribution in [3.63, 3.8) is 0 Å². The molecule has 5 nitrogen and oxygen atoms in total. The molecule has 1 saturated carbocycles. The summed E-state index contributed by atoms with van der Waals surface area (Å²) in [4.78, 5) is 11.0. The molecule has 0 aromatic heterocycles. The van der Waals surface area contributed by atoms with Crippen LogP contribution in [0.1, 0.15) is 24.0 Å². The van der Waals surface area contributed by atoms with Crippen molar-refractivity contribution in [1.82, 2.24) is 5.32 Å². The highest BCUT2D eigenvalue weighted by Crippen LogP contribution is 2.35. The number of nitrogens with one attached hydrogen (secondary N) is 1. The first-order valence-electron chi connectivity index (χ1n) is 5.67. The lowest BCUT2D eigenvalue weighted by Crippen LogP contribution is -2.38. The zero-order valence-electron chi connectivity index (χ0n) is 10.1. The van der Waals surface area contributed by atoms with Gasteiger partial charge in [0.15, 0.2) is 0 Å². The first-order chi connectivity index (χ1) is 8.61. The molecule has 0 radical (unpaired) electrons. The van der Waals surface area contributed by atoms with Gasteiger partial charge in [-0.15, -0.1) is 0 Å². The number of hydrogen-bond donors (Lipinski definition) is 2. The van der Waals surface area contributed by atoms with Gasteiger partial charge in [-0.05, 0) is 30.5 Å². The fraction of sp³-hybridized carbons (Fsp3) is 0.385. The average Bonchev–Trinajstić information content (AvgIpc) is 3.17. The number of carbonyl (C=O) groups is 1. The molecule has 1 aromatic carbocycles. The molecule has 0 atom stereocenters. The largest absolute Gasteiger partial charge is 0.495 e. The summed E-state index contributed by atoms with van der Waals surface area (Å²) < 4.78 is 5.11. The highest BCUT2D eigenvalue weighted by molar-refractivity contribution is 5.82. The van der Waals surface area contributed by atoms with E-state index in [1.165, 1.54) is 7.11 Å². The van der Waals surface area contributed by atoms with Crippen molar-refractivity contribution in [3.8, 4) is 11.8 Å². The van der Waals surface area contributed by atoms with E-state index in [1.807, 2.05) is 6.07 Å². The third-order valence-corrected chi connectivity index (χ3v) is 3.18. The van der Waals surface area contributed by atoms with Crippen molar-refractivity contribution >= 4 is 5.97 Å². The summed E-state index contributed by atoms with van der Waals surface area (Å²) in [6, 6.07) is 7.26. The Bertz CT molecular complexity index is 515. The number of rotatable bonds is 5. The van der Waals surface area contributed by atoms with Gasteiger partial charge in [-0.25, -0.2) is 0 Å². The van der Waals surface area contributed by atoms with E-state index >= 15 is 0 Å². The normalized spacial score (nSPS) is 15.8. The number of hydrogen-bond acceptors (Lipinski definition) is 4. The van der Waals surface area contributed by atoms with Gasteiger partial charge in [0.2, 0.25) is 0 Å². The van der Waals surface area contributed by atoms with E-state index in [0.717, 1.165) is 5.56 Å². The van der Waals surface area contributed by atoms with Crippen LogP contribution < -0.4 is 10.1 Å². The molecule has 5 heteroatoms. The van der Waals surface area contributed by atoms with E-state index in [9.17, 15) is 4.79 Å². The molecule has 94 valence electrons. The van der Waals surface area contributed by atoms with Crippen molar-refractivity contribution < 1.29 is 14.6 Å². The van der Waals surface area contributed by atoms with Gasteiger partial charge in [-0.1, -0.05) is 6.07 Å². The molecule has 0 aliphatic heterocycles. The Morgan fingerprint density at radius 2 is 2.33 bits per heavy atom. The van der Waals surface area contributed by atoms with Gasteiger partial charge in [-0.2, -0.15) is 5.26 Å². The number of nitriles is 1. The van der Waals surface area contributed by atoms with Gasteiger partial charge < -0.3 is 9.84 Å². The maximum Gasteiger partial charge on any atom is 0.323 e. The third-order valence-electron chi connectivity index (χ3n) is 3.18. The van der Waals surface area contributed by atoms with E-state index in [0.29, 0.717) is 30.7 Å². The Morgan fingerprint density at radius 3 is 2.83 bits per heavy atom. The minimum absolute atomic E-state index is 0.453. The summed E-state index contributed by atoms with van der Waals surface area (Å²) in [6.07, 6.45) is 1.32. The second kappa shape index (κ2) is 4.67. The molecular weight excluding hydrogens is 232 g/mol. The van der Waals surface area contributed by atoms with Crippen molar-refractivity contribution in [2.45, 2.75) is 24.9 Å². The van der Waals surface area contributed by atoms with Crippen LogP contribution in [0.3, 0.4) is 0 Å². The molecule has 1 aliphatic rings. The molecular formula is C13H14N2O3. The van der Waals surface area contributed by atoms with Crippen molar-refractivity contribution in [1.29, 1.82) is 5.26 Å². The number of carboxylic acid groups (broad SMARTS) is 1. The summed E-state index contributed by atoms with van der Waals surface area (Å²) in [5.74, 6) is -0.292. The van der Waals surface area contributed by atoms with Crippen LogP contribution in [0.5, 0.6) is 5.75 Å². The molecule has 1 aliphatic carbocycles. The zero-order chi connectivity index (χ0) is 13.2. The minimum Gasteiger partial charge on any atom is -0.495 e. The molecule has 0 saturated heterocycles. The second-order valence-electron chi connectivity index (χ2n) is 4.39. The predicted octanol–water partition coefficient (Wildman–Crippen LogP) is 1.27. The zero-order valence-corrected chi connectivity index (χ0v) is 10.1. The van der Waals surface area contributed by atoms with Crippen LogP contribution in [0.4, 0.5) is 0 Å². The summed E-state index contributed by atoms with van der Waals surface area (Å²) in [5.41, 5.74) is 0.625. The van der Waals surface area contributed by atoms with Crippen molar-refractivity contribution in [3.05, 3.63) is 29.3 Å². The van der Waals surface area contributed by atoms with Crippen molar-refractivity contribution in [2.75, 3.05) is 7.11 Å². The minimum atomic E-state index is -0.803. The van der Waals surface area contributed by atoms with Crippen LogP contribution in [0.15, 0.2) is 18.2 Å². The average molecular weight is 246 g/mol. The van der Waals surface area contributed by atoms with Gasteiger partial charge in [-0.3, -0.25) is 10.1 Å². The van der Waals surface area contributed by atoms with Crippen LogP contribution in [0, 0.1) is 11.3 Å². The van der Waals surface area contributed by atoms with Gasteiger partial charge in [0.25, 0.3) is 0 Å². The SMILES string of the molecule is COc1cc(CNC2(C(=O)O)CC2)ccc1C#N. The monoisotopic (exact) mass is 246 g/mol. The number of nitrogens with zero attached hydrogens (tertiary/aromatic N) is 1. The Morgan fingerprint density at radius 1 is 1.61 bits per heavy atom. The summed E-state index contributed by atoms with van der Waals surface area (Å²) in [6.45, 7) is 0.453. The Kier molecular flexibility index (Phi) is 3.21. The summed E-state index contributed by atoms with van der Waals surface area (Å²) >= 11 is 0. The van der Waals surface area contributed by atoms with E-state index in [1.54, 1.807) is 18.2 Å². The third kappa shape index (κ3) is 2.29. The molecule has 1 fully saturated rings. The number of aliphatic carboxylic acids is 1. The van der Waals surface area contributed by atoms with Gasteiger partial charge in [0, 0.05) is 6.54 Å². The first-order valence-corrected chi connectivity index (χ1v) is 5.67. The fourth-order valence-electron chi connectivity index (χ4n) is 1.80. The fourth-order valence-corrected chi connectivity index (χ4v) is 1.80. The quantitative estimate of drug-likeness (QED) is 0.817. The highest BCUT2D eigenvalue weighted by atomic mass is 16.5. The van der Waals surface area contributed by atoms with Crippen LogP contribution >= 0.6 is 0 Å². The molecule has 18 heavy (non-hydrogen) atoms. The lowest BCUT2D eigenvalue weighted by Gasteiger charge is -2.13. The highest BCUT2D eigenvalue weighted by Gasteiger charge is 2.49. The van der Waals surface area contributed by atoms with Gasteiger partial charge >= 0.3 is 5.97 Å². The molecule has 0 spiro atoms. The molecule has 2 N–H and O–H groups in total. The molecule has 2 rings (SSSR count). The molecule has 1 aromatic rings. The number of ether oxygens (including phenoxy) is 1. The van der Waals surface area contributed by atoms with E-state index in [4.69, 9.17) is 15.1 Å². The molecule has 0 heterocycles. The Hall–Kier alpha value is -2.06. The molecule has 0 unspecified atom stereocenters. The summed E-state index contributed by atoms with van der Waals surface area (Å²) in [5, 5.41) is 20.9. The van der Waals surface area contributed by atoms with Gasteiger partial charge in [0.1, 0.15) is 17.4 Å². The number of methoxy groups -OCH3 is 1. The standard InChI is InChI=1S/C13H14N2O3/c1-18-11-6-9(2-3-10(11)7-14)8-15-13(4-5-13)12(16)17/h2-3,6,15H,4-5,8H2,1H3,(H,16,17). The topological polar surface area (TPSA) is 82.3 Å². The molecule has 0 amide bonds. The number of benzene rings is 1. The van der Waals surface area contributed by atoms with Crippen LogP contribution in [0.25, 0.3) is 0 Å². The van der Waals surface area contributed by atoms with E-state index < -0.39 is 11.5 Å². The lowest BCUT2D eigenvalue weighted by molar-refractivity contribution is -0.140. The van der Waals surface area contributed by atoms with E-state index in [2.05, 4.69) is 5.32 Å². The van der Waals surface area contributed by atoms with Crippen LogP contribution in [-0.2, 0) is 11.3 Å². The van der Waals surface area contributed by atoms with Gasteiger partial charge in [0.05, 0.1) is 12.7 Å². The lowest BCUT2D eigenvalue weighted by atomic mass is 10.1. The smallest absolute Gasteiger partial charge is 0.323 e. The van der Waals surface area contributed by atoms with Crippen LogP contribution in [0.2, 0.25) is 0 Å². The maximum atomic E-state index is 11.0. The summed E-state index contributed by atoms with van der Waals surface area (Å²) in [7, 11) is 1.51. The predicted molar refractivity (Wildman–Crippen MR) is 64.1 cm³/mol. The Balaban J connectivity index is 2.07.